The van der Waals surface area contributed by atoms with Gasteiger partial charge in [-0.2, -0.15) is 4.98 Å². The molecule has 136 valence electrons. The van der Waals surface area contributed by atoms with E-state index in [0.29, 0.717) is 35.5 Å². The number of rotatable bonds is 8. The Morgan fingerprint density at radius 3 is 2.65 bits per heavy atom. The Balaban J connectivity index is 1.64. The lowest BCUT2D eigenvalue weighted by molar-refractivity contribution is 0.0412. The van der Waals surface area contributed by atoms with Crippen LogP contribution < -0.4 is 4.74 Å². The van der Waals surface area contributed by atoms with Crippen LogP contribution in [0.15, 0.2) is 47.1 Å². The van der Waals surface area contributed by atoms with Crippen molar-refractivity contribution in [1.82, 2.24) is 15.1 Å². The maximum atomic E-state index is 12.9. The SMILES string of the molecule is CCCCO[C@H](C)c1nc(-c2ccc(Oc3ccc(F)cc3)nc2)no1. The molecule has 0 saturated carbocycles. The van der Waals surface area contributed by atoms with Gasteiger partial charge in [-0.15, -0.1) is 0 Å². The molecular weight excluding hydrogens is 337 g/mol. The Kier molecular flexibility index (Phi) is 5.91. The first-order valence-electron chi connectivity index (χ1n) is 8.50. The number of nitrogens with zero attached hydrogens (tertiary/aromatic N) is 3. The van der Waals surface area contributed by atoms with E-state index < -0.39 is 0 Å². The Morgan fingerprint density at radius 2 is 1.96 bits per heavy atom. The van der Waals surface area contributed by atoms with E-state index in [0.717, 1.165) is 12.8 Å². The molecule has 2 heterocycles. The summed E-state index contributed by atoms with van der Waals surface area (Å²) in [6.45, 7) is 4.65. The van der Waals surface area contributed by atoms with E-state index >= 15 is 0 Å². The van der Waals surface area contributed by atoms with Crippen LogP contribution in [0.2, 0.25) is 0 Å². The van der Waals surface area contributed by atoms with Crippen molar-refractivity contribution >= 4 is 0 Å². The number of hydrogen-bond donors (Lipinski definition) is 0. The van der Waals surface area contributed by atoms with Crippen LogP contribution >= 0.6 is 0 Å². The summed E-state index contributed by atoms with van der Waals surface area (Å²) in [5.41, 5.74) is 0.701. The van der Waals surface area contributed by atoms with Crippen LogP contribution in [0.25, 0.3) is 11.4 Å². The van der Waals surface area contributed by atoms with Crippen LogP contribution in [0.3, 0.4) is 0 Å². The van der Waals surface area contributed by atoms with E-state index in [-0.39, 0.29) is 11.9 Å². The van der Waals surface area contributed by atoms with Crippen LogP contribution in [0.5, 0.6) is 11.6 Å². The molecule has 0 bridgehead atoms. The molecule has 3 aromatic rings. The fourth-order valence-corrected chi connectivity index (χ4v) is 2.19. The molecule has 26 heavy (non-hydrogen) atoms. The summed E-state index contributed by atoms with van der Waals surface area (Å²) >= 11 is 0. The van der Waals surface area contributed by atoms with Gasteiger partial charge in [-0.3, -0.25) is 0 Å². The lowest BCUT2D eigenvalue weighted by Crippen LogP contribution is -2.01. The highest BCUT2D eigenvalue weighted by Crippen LogP contribution is 2.24. The normalized spacial score (nSPS) is 12.1. The monoisotopic (exact) mass is 357 g/mol. The minimum absolute atomic E-state index is 0.253. The standard InChI is InChI=1S/C19H20FN3O3/c1-3-4-11-24-13(2)19-22-18(23-26-19)14-5-10-17(21-12-14)25-16-8-6-15(20)7-9-16/h5-10,12-13H,3-4,11H2,1-2H3/t13-/m1/s1. The van der Waals surface area contributed by atoms with Crippen molar-refractivity contribution in [3.05, 3.63) is 54.3 Å². The summed E-state index contributed by atoms with van der Waals surface area (Å²) in [7, 11) is 0. The van der Waals surface area contributed by atoms with E-state index in [9.17, 15) is 4.39 Å². The van der Waals surface area contributed by atoms with Crippen LogP contribution in [0.1, 0.15) is 38.7 Å². The van der Waals surface area contributed by atoms with Gasteiger partial charge >= 0.3 is 0 Å². The van der Waals surface area contributed by atoms with Gasteiger partial charge in [0.2, 0.25) is 11.7 Å². The van der Waals surface area contributed by atoms with Crippen molar-refractivity contribution < 1.29 is 18.4 Å². The first kappa shape index (κ1) is 18.0. The van der Waals surface area contributed by atoms with Crippen LogP contribution in [0.4, 0.5) is 4.39 Å². The van der Waals surface area contributed by atoms with Gasteiger partial charge in [-0.1, -0.05) is 18.5 Å². The molecule has 0 unspecified atom stereocenters. The Labute approximate surface area is 151 Å². The molecule has 0 amide bonds. The Bertz CT molecular complexity index is 819. The van der Waals surface area contributed by atoms with Gasteiger partial charge in [0.05, 0.1) is 0 Å². The van der Waals surface area contributed by atoms with Gasteiger partial charge in [0.25, 0.3) is 5.89 Å². The van der Waals surface area contributed by atoms with E-state index in [4.69, 9.17) is 14.0 Å². The number of ether oxygens (including phenoxy) is 2. The predicted octanol–water partition coefficient (Wildman–Crippen LogP) is 4.94. The van der Waals surface area contributed by atoms with Gasteiger partial charge in [0.15, 0.2) is 0 Å². The molecule has 6 nitrogen and oxygen atoms in total. The van der Waals surface area contributed by atoms with Crippen molar-refractivity contribution in [2.45, 2.75) is 32.8 Å². The van der Waals surface area contributed by atoms with Crippen molar-refractivity contribution in [3.8, 4) is 23.0 Å². The second-order valence-electron chi connectivity index (χ2n) is 5.76. The third kappa shape index (κ3) is 4.64. The highest BCUT2D eigenvalue weighted by atomic mass is 19.1. The van der Waals surface area contributed by atoms with E-state index in [1.165, 1.54) is 24.3 Å². The lowest BCUT2D eigenvalue weighted by Gasteiger charge is -2.07. The Hall–Kier alpha value is -2.80. The molecule has 1 aromatic carbocycles. The maximum absolute atomic E-state index is 12.9. The quantitative estimate of drug-likeness (QED) is 0.532. The molecule has 0 radical (unpaired) electrons. The summed E-state index contributed by atoms with van der Waals surface area (Å²) < 4.78 is 29.4. The molecule has 0 saturated heterocycles. The summed E-state index contributed by atoms with van der Waals surface area (Å²) in [5, 5.41) is 3.97. The number of pyridine rings is 1. The summed E-state index contributed by atoms with van der Waals surface area (Å²) in [4.78, 5) is 8.58. The molecule has 7 heteroatoms. The number of hydrogen-bond acceptors (Lipinski definition) is 6. The molecule has 0 spiro atoms. The Morgan fingerprint density at radius 1 is 1.15 bits per heavy atom. The fraction of sp³-hybridized carbons (Fsp3) is 0.316. The molecule has 0 fully saturated rings. The van der Waals surface area contributed by atoms with Crippen molar-refractivity contribution in [2.24, 2.45) is 0 Å². The number of halogens is 1. The zero-order valence-electron chi connectivity index (χ0n) is 14.7. The number of benzene rings is 1. The minimum atomic E-state index is -0.318. The van der Waals surface area contributed by atoms with Gasteiger partial charge in [-0.25, -0.2) is 9.37 Å². The molecule has 0 N–H and O–H groups in total. The second kappa shape index (κ2) is 8.53. The first-order valence-corrected chi connectivity index (χ1v) is 8.50. The molecule has 3 rings (SSSR count). The van der Waals surface area contributed by atoms with E-state index in [1.54, 1.807) is 18.3 Å². The van der Waals surface area contributed by atoms with Crippen LogP contribution in [0, 0.1) is 5.82 Å². The van der Waals surface area contributed by atoms with Gasteiger partial charge in [-0.05, 0) is 43.7 Å². The molecule has 1 atom stereocenters. The predicted molar refractivity (Wildman–Crippen MR) is 93.3 cm³/mol. The van der Waals surface area contributed by atoms with Gasteiger partial charge in [0, 0.05) is 24.4 Å². The second-order valence-corrected chi connectivity index (χ2v) is 5.76. The van der Waals surface area contributed by atoms with Crippen LogP contribution in [-0.2, 0) is 4.74 Å². The molecule has 0 aliphatic carbocycles. The average Bonchev–Trinajstić information content (AvgIpc) is 3.15. The zero-order chi connectivity index (χ0) is 18.4. The molecule has 0 aliphatic heterocycles. The first-order chi connectivity index (χ1) is 12.7. The summed E-state index contributed by atoms with van der Waals surface area (Å²) in [6, 6.07) is 9.20. The third-order valence-corrected chi connectivity index (χ3v) is 3.69. The van der Waals surface area contributed by atoms with Crippen molar-refractivity contribution in [1.29, 1.82) is 0 Å². The number of aromatic nitrogens is 3. The summed E-state index contributed by atoms with van der Waals surface area (Å²) in [6.07, 6.45) is 3.40. The number of unbranched alkanes of at least 4 members (excludes halogenated alkanes) is 1. The fourth-order valence-electron chi connectivity index (χ4n) is 2.19. The molecule has 2 aromatic heterocycles. The highest BCUT2D eigenvalue weighted by molar-refractivity contribution is 5.53. The topological polar surface area (TPSA) is 70.3 Å². The average molecular weight is 357 g/mol. The molecule has 0 aliphatic rings. The van der Waals surface area contributed by atoms with Gasteiger partial charge < -0.3 is 14.0 Å². The van der Waals surface area contributed by atoms with Gasteiger partial charge in [0.1, 0.15) is 17.7 Å². The largest absolute Gasteiger partial charge is 0.439 e. The van der Waals surface area contributed by atoms with Crippen LogP contribution in [-0.4, -0.2) is 21.7 Å². The van der Waals surface area contributed by atoms with E-state index in [1.807, 2.05) is 6.92 Å². The summed E-state index contributed by atoms with van der Waals surface area (Å²) in [5.74, 6) is 1.45. The molecular formula is C19H20FN3O3. The van der Waals surface area contributed by atoms with E-state index in [2.05, 4.69) is 22.0 Å². The smallest absolute Gasteiger partial charge is 0.255 e. The lowest BCUT2D eigenvalue weighted by atomic mass is 10.2. The minimum Gasteiger partial charge on any atom is -0.439 e. The zero-order valence-corrected chi connectivity index (χ0v) is 14.7. The van der Waals surface area contributed by atoms with Crippen molar-refractivity contribution in [3.63, 3.8) is 0 Å². The maximum Gasteiger partial charge on any atom is 0.255 e. The highest BCUT2D eigenvalue weighted by Gasteiger charge is 2.16. The van der Waals surface area contributed by atoms with Crippen molar-refractivity contribution in [2.75, 3.05) is 6.61 Å². The third-order valence-electron chi connectivity index (χ3n) is 3.69.